The molecule has 0 radical (unpaired) electrons. The summed E-state index contributed by atoms with van der Waals surface area (Å²) in [5.74, 6) is 0.955. The van der Waals surface area contributed by atoms with Crippen LogP contribution in [-0.4, -0.2) is 12.6 Å². The predicted molar refractivity (Wildman–Crippen MR) is 68.1 cm³/mol. The van der Waals surface area contributed by atoms with E-state index in [2.05, 4.69) is 17.4 Å². The minimum Gasteiger partial charge on any atom is -0.494 e. The predicted octanol–water partition coefficient (Wildman–Crippen LogP) is 3.83. The van der Waals surface area contributed by atoms with E-state index in [-0.39, 0.29) is 0 Å². The third-order valence-electron chi connectivity index (χ3n) is 3.14. The van der Waals surface area contributed by atoms with E-state index in [4.69, 9.17) is 4.74 Å². The molecule has 1 saturated carbocycles. The molecule has 1 N–H and O–H groups in total. The maximum Gasteiger partial charge on any atom is 0.119 e. The monoisotopic (exact) mass is 219 g/mol. The highest BCUT2D eigenvalue weighted by atomic mass is 16.5. The van der Waals surface area contributed by atoms with Gasteiger partial charge < -0.3 is 10.1 Å². The van der Waals surface area contributed by atoms with Crippen LogP contribution in [0.15, 0.2) is 24.3 Å². The normalized spacial score (nSPS) is 17.1. The summed E-state index contributed by atoms with van der Waals surface area (Å²) in [6, 6.07) is 8.97. The summed E-state index contributed by atoms with van der Waals surface area (Å²) in [7, 11) is 0. The summed E-state index contributed by atoms with van der Waals surface area (Å²) in [4.78, 5) is 0. The first-order chi connectivity index (χ1) is 7.88. The van der Waals surface area contributed by atoms with Crippen molar-refractivity contribution in [3.8, 4) is 5.75 Å². The highest BCUT2D eigenvalue weighted by Gasteiger charge is 2.12. The molecule has 1 aliphatic rings. The van der Waals surface area contributed by atoms with Crippen LogP contribution in [0.1, 0.15) is 39.0 Å². The largest absolute Gasteiger partial charge is 0.494 e. The molecule has 0 aromatic heterocycles. The summed E-state index contributed by atoms with van der Waals surface area (Å²) >= 11 is 0. The molecule has 2 nitrogen and oxygen atoms in total. The average molecular weight is 219 g/mol. The Morgan fingerprint density at radius 3 is 2.44 bits per heavy atom. The van der Waals surface area contributed by atoms with Crippen molar-refractivity contribution >= 4 is 5.69 Å². The summed E-state index contributed by atoms with van der Waals surface area (Å²) in [5.41, 5.74) is 1.22. The molecule has 16 heavy (non-hydrogen) atoms. The van der Waals surface area contributed by atoms with Gasteiger partial charge in [0, 0.05) is 11.7 Å². The van der Waals surface area contributed by atoms with Crippen LogP contribution in [0.5, 0.6) is 5.75 Å². The Kier molecular flexibility index (Phi) is 4.09. The van der Waals surface area contributed by atoms with Crippen molar-refractivity contribution in [2.45, 2.75) is 45.1 Å². The zero-order chi connectivity index (χ0) is 11.2. The molecule has 88 valence electrons. The van der Waals surface area contributed by atoms with Crippen LogP contribution in [0.2, 0.25) is 0 Å². The number of ether oxygens (including phenoxy) is 1. The third kappa shape index (κ3) is 3.16. The molecular weight excluding hydrogens is 198 g/mol. The number of nitrogens with one attached hydrogen (secondary N) is 1. The fourth-order valence-corrected chi connectivity index (χ4v) is 2.30. The van der Waals surface area contributed by atoms with E-state index >= 15 is 0 Å². The quantitative estimate of drug-likeness (QED) is 0.831. The van der Waals surface area contributed by atoms with Crippen LogP contribution in [0.25, 0.3) is 0 Å². The summed E-state index contributed by atoms with van der Waals surface area (Å²) in [6.45, 7) is 2.74. The summed E-state index contributed by atoms with van der Waals surface area (Å²) in [6.07, 6.45) is 6.77. The molecular formula is C14H21NO. The zero-order valence-electron chi connectivity index (χ0n) is 10.0. The first-order valence-corrected chi connectivity index (χ1v) is 6.38. The molecule has 1 aromatic rings. The van der Waals surface area contributed by atoms with E-state index < -0.39 is 0 Å². The minimum absolute atomic E-state index is 0.673. The Morgan fingerprint density at radius 2 is 1.81 bits per heavy atom. The SMILES string of the molecule is CCOc1ccc(NC2CCCCC2)cc1. The van der Waals surface area contributed by atoms with E-state index in [0.717, 1.165) is 12.4 Å². The van der Waals surface area contributed by atoms with Gasteiger partial charge in [-0.25, -0.2) is 0 Å². The second-order valence-corrected chi connectivity index (χ2v) is 4.44. The minimum atomic E-state index is 0.673. The molecule has 0 aliphatic heterocycles. The molecule has 1 aromatic carbocycles. The highest BCUT2D eigenvalue weighted by molar-refractivity contribution is 5.47. The number of hydrogen-bond acceptors (Lipinski definition) is 2. The van der Waals surface area contributed by atoms with Gasteiger partial charge >= 0.3 is 0 Å². The molecule has 0 saturated heterocycles. The van der Waals surface area contributed by atoms with Gasteiger partial charge in [-0.3, -0.25) is 0 Å². The molecule has 0 spiro atoms. The topological polar surface area (TPSA) is 21.3 Å². The van der Waals surface area contributed by atoms with Gasteiger partial charge in [0.2, 0.25) is 0 Å². The average Bonchev–Trinajstić information content (AvgIpc) is 2.33. The maximum atomic E-state index is 5.42. The van der Waals surface area contributed by atoms with E-state index in [1.54, 1.807) is 0 Å². The Labute approximate surface area is 98.0 Å². The van der Waals surface area contributed by atoms with Gasteiger partial charge in [-0.2, -0.15) is 0 Å². The van der Waals surface area contributed by atoms with Gasteiger partial charge in [-0.15, -0.1) is 0 Å². The molecule has 0 unspecified atom stereocenters. The molecule has 1 fully saturated rings. The van der Waals surface area contributed by atoms with E-state index in [0.29, 0.717) is 6.04 Å². The van der Waals surface area contributed by atoms with Gasteiger partial charge in [-0.1, -0.05) is 19.3 Å². The summed E-state index contributed by atoms with van der Waals surface area (Å²) < 4.78 is 5.42. The Hall–Kier alpha value is -1.18. The standard InChI is InChI=1S/C14H21NO/c1-2-16-14-10-8-13(9-11-14)15-12-6-4-3-5-7-12/h8-12,15H,2-7H2,1H3. The molecule has 0 atom stereocenters. The Morgan fingerprint density at radius 1 is 1.12 bits per heavy atom. The van der Waals surface area contributed by atoms with Crippen LogP contribution < -0.4 is 10.1 Å². The van der Waals surface area contributed by atoms with Crippen LogP contribution >= 0.6 is 0 Å². The molecule has 0 amide bonds. The van der Waals surface area contributed by atoms with Crippen LogP contribution in [0, 0.1) is 0 Å². The Bertz CT molecular complexity index is 301. The van der Waals surface area contributed by atoms with Gasteiger partial charge in [0.25, 0.3) is 0 Å². The fraction of sp³-hybridized carbons (Fsp3) is 0.571. The van der Waals surface area contributed by atoms with Crippen molar-refractivity contribution in [2.24, 2.45) is 0 Å². The maximum absolute atomic E-state index is 5.42. The lowest BCUT2D eigenvalue weighted by molar-refractivity contribution is 0.340. The summed E-state index contributed by atoms with van der Waals surface area (Å²) in [5, 5.41) is 3.59. The van der Waals surface area contributed by atoms with Gasteiger partial charge in [0.05, 0.1) is 6.61 Å². The lowest BCUT2D eigenvalue weighted by atomic mass is 9.95. The second-order valence-electron chi connectivity index (χ2n) is 4.44. The second kappa shape index (κ2) is 5.78. The van der Waals surface area contributed by atoms with Gasteiger partial charge in [0.15, 0.2) is 0 Å². The van der Waals surface area contributed by atoms with Crippen LogP contribution in [-0.2, 0) is 0 Å². The number of benzene rings is 1. The molecule has 1 aliphatic carbocycles. The third-order valence-corrected chi connectivity index (χ3v) is 3.14. The van der Waals surface area contributed by atoms with Crippen molar-refractivity contribution in [1.82, 2.24) is 0 Å². The Balaban J connectivity index is 1.88. The smallest absolute Gasteiger partial charge is 0.119 e. The first-order valence-electron chi connectivity index (χ1n) is 6.38. The molecule has 0 heterocycles. The van der Waals surface area contributed by atoms with Crippen molar-refractivity contribution in [2.75, 3.05) is 11.9 Å². The van der Waals surface area contributed by atoms with Gasteiger partial charge in [0.1, 0.15) is 5.75 Å². The van der Waals surface area contributed by atoms with Crippen molar-refractivity contribution in [1.29, 1.82) is 0 Å². The zero-order valence-corrected chi connectivity index (χ0v) is 10.0. The molecule has 2 rings (SSSR count). The van der Waals surface area contributed by atoms with E-state index in [1.807, 2.05) is 19.1 Å². The molecule has 0 bridgehead atoms. The number of hydrogen-bond donors (Lipinski definition) is 1. The van der Waals surface area contributed by atoms with Crippen molar-refractivity contribution in [3.63, 3.8) is 0 Å². The molecule has 2 heteroatoms. The van der Waals surface area contributed by atoms with Crippen LogP contribution in [0.3, 0.4) is 0 Å². The van der Waals surface area contributed by atoms with Crippen LogP contribution in [0.4, 0.5) is 5.69 Å². The first kappa shape index (κ1) is 11.3. The lowest BCUT2D eigenvalue weighted by Gasteiger charge is -2.23. The fourth-order valence-electron chi connectivity index (χ4n) is 2.30. The van der Waals surface area contributed by atoms with E-state index in [1.165, 1.54) is 37.8 Å². The highest BCUT2D eigenvalue weighted by Crippen LogP contribution is 2.22. The lowest BCUT2D eigenvalue weighted by Crippen LogP contribution is -2.22. The van der Waals surface area contributed by atoms with Crippen molar-refractivity contribution in [3.05, 3.63) is 24.3 Å². The van der Waals surface area contributed by atoms with E-state index in [9.17, 15) is 0 Å². The number of rotatable bonds is 4. The van der Waals surface area contributed by atoms with Gasteiger partial charge in [-0.05, 0) is 44.0 Å². The van der Waals surface area contributed by atoms with Crippen molar-refractivity contribution < 1.29 is 4.74 Å². The number of anilines is 1.